The molecule has 0 radical (unpaired) electrons. The monoisotopic (exact) mass is 261 g/mol. The molecule has 0 atom stereocenters. The lowest BCUT2D eigenvalue weighted by molar-refractivity contribution is 0.407. The van der Waals surface area contributed by atoms with Crippen molar-refractivity contribution < 1.29 is 4.74 Å². The van der Waals surface area contributed by atoms with Crippen molar-refractivity contribution in [3.05, 3.63) is 23.7 Å². The van der Waals surface area contributed by atoms with E-state index in [-0.39, 0.29) is 5.92 Å². The summed E-state index contributed by atoms with van der Waals surface area (Å²) in [6, 6.07) is 1.88. The Balaban J connectivity index is 2.42. The number of nitrogens with one attached hydrogen (secondary N) is 1. The first-order valence-electron chi connectivity index (χ1n) is 6.24. The van der Waals surface area contributed by atoms with Crippen molar-refractivity contribution in [2.75, 3.05) is 12.4 Å². The third-order valence-corrected chi connectivity index (χ3v) is 2.82. The zero-order valence-corrected chi connectivity index (χ0v) is 11.9. The summed E-state index contributed by atoms with van der Waals surface area (Å²) < 4.78 is 7.57. The quantitative estimate of drug-likeness (QED) is 0.916. The lowest BCUT2D eigenvalue weighted by Crippen LogP contribution is -2.06. The molecule has 0 unspecified atom stereocenters. The van der Waals surface area contributed by atoms with Crippen LogP contribution < -0.4 is 10.1 Å². The van der Waals surface area contributed by atoms with Crippen LogP contribution in [0.3, 0.4) is 0 Å². The largest absolute Gasteiger partial charge is 0.420 e. The van der Waals surface area contributed by atoms with Crippen LogP contribution in [0.4, 0.5) is 5.82 Å². The molecule has 2 aromatic rings. The molecule has 0 aliphatic rings. The van der Waals surface area contributed by atoms with Crippen molar-refractivity contribution in [1.82, 2.24) is 19.7 Å². The average molecular weight is 261 g/mol. The van der Waals surface area contributed by atoms with Gasteiger partial charge in [0.05, 0.1) is 11.3 Å². The Hall–Kier alpha value is -2.11. The minimum Gasteiger partial charge on any atom is -0.420 e. The van der Waals surface area contributed by atoms with Crippen LogP contribution in [-0.2, 0) is 7.05 Å². The highest BCUT2D eigenvalue weighted by Crippen LogP contribution is 2.32. The van der Waals surface area contributed by atoms with Crippen LogP contribution in [0.2, 0.25) is 0 Å². The van der Waals surface area contributed by atoms with E-state index in [1.807, 2.05) is 27.1 Å². The molecular formula is C13H19N5O. The van der Waals surface area contributed by atoms with Gasteiger partial charge >= 0.3 is 0 Å². The first kappa shape index (κ1) is 13.3. The number of rotatable bonds is 4. The third-order valence-electron chi connectivity index (χ3n) is 2.82. The molecule has 0 bridgehead atoms. The summed E-state index contributed by atoms with van der Waals surface area (Å²) in [7, 11) is 3.68. The van der Waals surface area contributed by atoms with Crippen LogP contribution in [0.5, 0.6) is 11.8 Å². The van der Waals surface area contributed by atoms with Gasteiger partial charge in [0, 0.05) is 20.2 Å². The highest BCUT2D eigenvalue weighted by atomic mass is 16.5. The zero-order chi connectivity index (χ0) is 14.0. The van der Waals surface area contributed by atoms with Crippen LogP contribution in [0.25, 0.3) is 0 Å². The molecule has 0 amide bonds. The van der Waals surface area contributed by atoms with E-state index >= 15 is 0 Å². The smallest absolute Gasteiger partial charge is 0.229 e. The number of anilines is 1. The maximum Gasteiger partial charge on any atom is 0.229 e. The Morgan fingerprint density at radius 2 is 2.05 bits per heavy atom. The summed E-state index contributed by atoms with van der Waals surface area (Å²) in [5.41, 5.74) is 1.87. The van der Waals surface area contributed by atoms with Crippen molar-refractivity contribution in [3.63, 3.8) is 0 Å². The maximum absolute atomic E-state index is 5.87. The molecule has 0 aliphatic carbocycles. The molecule has 102 valence electrons. The van der Waals surface area contributed by atoms with Crippen molar-refractivity contribution >= 4 is 5.82 Å². The molecule has 1 N–H and O–H groups in total. The molecule has 0 saturated carbocycles. The molecule has 6 nitrogen and oxygen atoms in total. The first-order valence-corrected chi connectivity index (χ1v) is 6.24. The minimum absolute atomic E-state index is 0.257. The van der Waals surface area contributed by atoms with Crippen molar-refractivity contribution in [2.24, 2.45) is 7.05 Å². The Morgan fingerprint density at radius 3 is 2.58 bits per heavy atom. The second-order valence-corrected chi connectivity index (χ2v) is 4.70. The topological polar surface area (TPSA) is 64.9 Å². The van der Waals surface area contributed by atoms with Gasteiger partial charge in [-0.2, -0.15) is 5.10 Å². The Kier molecular flexibility index (Phi) is 3.69. The molecule has 2 rings (SSSR count). The minimum atomic E-state index is 0.257. The van der Waals surface area contributed by atoms with Crippen LogP contribution in [0.15, 0.2) is 12.4 Å². The van der Waals surface area contributed by atoms with Gasteiger partial charge in [-0.05, 0) is 12.8 Å². The lowest BCUT2D eigenvalue weighted by atomic mass is 10.1. The fraction of sp³-hybridized carbons (Fsp3) is 0.462. The van der Waals surface area contributed by atoms with Crippen LogP contribution in [0.1, 0.15) is 31.0 Å². The highest BCUT2D eigenvalue weighted by molar-refractivity contribution is 5.50. The van der Waals surface area contributed by atoms with E-state index in [2.05, 4.69) is 34.2 Å². The second-order valence-electron chi connectivity index (χ2n) is 4.70. The number of nitrogens with zero attached hydrogens (tertiary/aromatic N) is 4. The molecule has 0 spiro atoms. The molecular weight excluding hydrogens is 242 g/mol. The van der Waals surface area contributed by atoms with Gasteiger partial charge in [-0.25, -0.2) is 14.6 Å². The molecule has 0 aromatic carbocycles. The summed E-state index contributed by atoms with van der Waals surface area (Å²) in [6.07, 6.45) is 1.50. The number of hydrogen-bond acceptors (Lipinski definition) is 5. The zero-order valence-electron chi connectivity index (χ0n) is 11.9. The summed E-state index contributed by atoms with van der Waals surface area (Å²) in [5.74, 6) is 2.28. The van der Waals surface area contributed by atoms with Gasteiger partial charge in [0.1, 0.15) is 12.1 Å². The van der Waals surface area contributed by atoms with E-state index in [0.29, 0.717) is 11.8 Å². The summed E-state index contributed by atoms with van der Waals surface area (Å²) >= 11 is 0. The predicted molar refractivity (Wildman–Crippen MR) is 73.7 cm³/mol. The summed E-state index contributed by atoms with van der Waals surface area (Å²) in [4.78, 5) is 8.46. The predicted octanol–water partition coefficient (Wildman–Crippen LogP) is 2.48. The van der Waals surface area contributed by atoms with E-state index in [4.69, 9.17) is 4.74 Å². The van der Waals surface area contributed by atoms with E-state index in [1.165, 1.54) is 6.33 Å². The molecule has 2 aromatic heterocycles. The van der Waals surface area contributed by atoms with Gasteiger partial charge in [0.25, 0.3) is 0 Å². The van der Waals surface area contributed by atoms with Crippen molar-refractivity contribution in [3.8, 4) is 11.8 Å². The van der Waals surface area contributed by atoms with Crippen LogP contribution >= 0.6 is 0 Å². The first-order chi connectivity index (χ1) is 9.02. The number of aromatic nitrogens is 4. The van der Waals surface area contributed by atoms with Gasteiger partial charge in [0.15, 0.2) is 0 Å². The number of aryl methyl sites for hydroxylation is 2. The lowest BCUT2D eigenvalue weighted by Gasteiger charge is -2.15. The molecule has 2 heterocycles. The molecule has 0 aliphatic heterocycles. The summed E-state index contributed by atoms with van der Waals surface area (Å²) in [5, 5.41) is 7.33. The van der Waals surface area contributed by atoms with E-state index in [9.17, 15) is 0 Å². The van der Waals surface area contributed by atoms with E-state index < -0.39 is 0 Å². The third kappa shape index (κ3) is 2.67. The van der Waals surface area contributed by atoms with Gasteiger partial charge in [-0.1, -0.05) is 13.8 Å². The number of hydrogen-bond donors (Lipinski definition) is 1. The normalized spacial score (nSPS) is 10.8. The van der Waals surface area contributed by atoms with Gasteiger partial charge < -0.3 is 10.1 Å². The fourth-order valence-electron chi connectivity index (χ4n) is 1.96. The van der Waals surface area contributed by atoms with Gasteiger partial charge in [0.2, 0.25) is 11.8 Å². The number of ether oxygens (including phenoxy) is 1. The standard InChI is InChI=1S/C13H19N5O/c1-8(2)11-12(14-4)15-7-16-13(11)19-10-6-9(3)17-18(10)5/h6-8H,1-5H3,(H,14,15,16). The van der Waals surface area contributed by atoms with E-state index in [0.717, 1.165) is 17.1 Å². The molecule has 19 heavy (non-hydrogen) atoms. The van der Waals surface area contributed by atoms with Crippen molar-refractivity contribution in [1.29, 1.82) is 0 Å². The molecule has 0 saturated heterocycles. The maximum atomic E-state index is 5.87. The highest BCUT2D eigenvalue weighted by Gasteiger charge is 2.17. The van der Waals surface area contributed by atoms with Crippen LogP contribution in [0, 0.1) is 6.92 Å². The van der Waals surface area contributed by atoms with Crippen LogP contribution in [-0.4, -0.2) is 26.8 Å². The van der Waals surface area contributed by atoms with Gasteiger partial charge in [-0.15, -0.1) is 0 Å². The average Bonchev–Trinajstić information content (AvgIpc) is 2.67. The Bertz CT molecular complexity index is 576. The fourth-order valence-corrected chi connectivity index (χ4v) is 1.96. The SMILES string of the molecule is CNc1ncnc(Oc2cc(C)nn2C)c1C(C)C. The second kappa shape index (κ2) is 5.26. The van der Waals surface area contributed by atoms with E-state index in [1.54, 1.807) is 4.68 Å². The Morgan fingerprint density at radius 1 is 1.32 bits per heavy atom. The summed E-state index contributed by atoms with van der Waals surface area (Å²) in [6.45, 7) is 6.09. The van der Waals surface area contributed by atoms with Gasteiger partial charge in [-0.3, -0.25) is 0 Å². The molecule has 6 heteroatoms. The molecule has 0 fully saturated rings. The van der Waals surface area contributed by atoms with Crippen molar-refractivity contribution in [2.45, 2.75) is 26.7 Å². The Labute approximate surface area is 112 Å².